The lowest BCUT2D eigenvalue weighted by molar-refractivity contribution is 1.04. The summed E-state index contributed by atoms with van der Waals surface area (Å²) in [5.74, 6) is 0.678. The van der Waals surface area contributed by atoms with Crippen LogP contribution < -0.4 is 0 Å². The van der Waals surface area contributed by atoms with Gasteiger partial charge in [0, 0.05) is 18.1 Å². The monoisotopic (exact) mass is 163 g/mol. The van der Waals surface area contributed by atoms with Gasteiger partial charge in [0.15, 0.2) is 5.82 Å². The molecule has 3 heteroatoms. The summed E-state index contributed by atoms with van der Waals surface area (Å²) < 4.78 is 1.90. The van der Waals surface area contributed by atoms with Crippen LogP contribution in [-0.4, -0.2) is 15.8 Å². The van der Waals surface area contributed by atoms with Crippen LogP contribution in [0.25, 0.3) is 5.70 Å². The van der Waals surface area contributed by atoms with Gasteiger partial charge in [-0.2, -0.15) is 0 Å². The minimum absolute atomic E-state index is 0.678. The van der Waals surface area contributed by atoms with Gasteiger partial charge in [-0.25, -0.2) is 4.98 Å². The Hall–Kier alpha value is -1.38. The molecule has 0 amide bonds. The third-order valence-corrected chi connectivity index (χ3v) is 1.68. The second kappa shape index (κ2) is 3.85. The maximum atomic E-state index is 7.09. The highest BCUT2D eigenvalue weighted by Gasteiger charge is 1.98. The lowest BCUT2D eigenvalue weighted by Crippen LogP contribution is -1.98. The van der Waals surface area contributed by atoms with Gasteiger partial charge in [-0.3, -0.25) is 0 Å². The highest BCUT2D eigenvalue weighted by molar-refractivity contribution is 5.74. The number of imidazole rings is 1. The molecular weight excluding hydrogens is 150 g/mol. The highest BCUT2D eigenvalue weighted by Crippen LogP contribution is 2.06. The van der Waals surface area contributed by atoms with Crippen LogP contribution in [0.5, 0.6) is 0 Å². The Balaban J connectivity index is 3.01. The van der Waals surface area contributed by atoms with Crippen LogP contribution in [0, 0.1) is 5.41 Å². The molecule has 0 atom stereocenters. The summed E-state index contributed by atoms with van der Waals surface area (Å²) in [7, 11) is 0. The molecule has 1 heterocycles. The third-order valence-electron chi connectivity index (χ3n) is 1.68. The Kier molecular flexibility index (Phi) is 2.80. The van der Waals surface area contributed by atoms with Gasteiger partial charge < -0.3 is 9.98 Å². The topological polar surface area (TPSA) is 41.7 Å². The molecule has 12 heavy (non-hydrogen) atoms. The summed E-state index contributed by atoms with van der Waals surface area (Å²) in [6, 6.07) is 0. The number of nitrogens with zero attached hydrogens (tertiary/aromatic N) is 2. The van der Waals surface area contributed by atoms with Gasteiger partial charge in [-0.05, 0) is 13.3 Å². The van der Waals surface area contributed by atoms with Crippen molar-refractivity contribution in [2.75, 3.05) is 0 Å². The van der Waals surface area contributed by atoms with Gasteiger partial charge in [0.1, 0.15) is 0 Å². The van der Waals surface area contributed by atoms with Gasteiger partial charge in [-0.1, -0.05) is 13.0 Å². The first-order chi connectivity index (χ1) is 5.79. The fourth-order valence-corrected chi connectivity index (χ4v) is 1.11. The molecule has 0 aliphatic rings. The molecular formula is C9H13N3. The molecule has 0 aliphatic heterocycles. The summed E-state index contributed by atoms with van der Waals surface area (Å²) in [4.78, 5) is 4.02. The zero-order valence-electron chi connectivity index (χ0n) is 7.41. The van der Waals surface area contributed by atoms with E-state index in [9.17, 15) is 0 Å². The number of allylic oxidation sites excluding steroid dienone is 2. The maximum absolute atomic E-state index is 7.09. The quantitative estimate of drug-likeness (QED) is 0.681. The summed E-state index contributed by atoms with van der Waals surface area (Å²) in [6.45, 7) is 4.10. The van der Waals surface area contributed by atoms with Gasteiger partial charge in [0.05, 0.1) is 6.21 Å². The van der Waals surface area contributed by atoms with E-state index in [0.29, 0.717) is 5.82 Å². The average Bonchev–Trinajstić information content (AvgIpc) is 2.51. The van der Waals surface area contributed by atoms with Crippen molar-refractivity contribution in [3.63, 3.8) is 0 Å². The zero-order valence-corrected chi connectivity index (χ0v) is 7.41. The molecule has 64 valence electrons. The zero-order chi connectivity index (χ0) is 8.97. The number of hydrogen-bond acceptors (Lipinski definition) is 2. The van der Waals surface area contributed by atoms with Crippen molar-refractivity contribution in [1.29, 1.82) is 5.41 Å². The molecule has 0 saturated heterocycles. The van der Waals surface area contributed by atoms with Crippen molar-refractivity contribution >= 4 is 11.9 Å². The van der Waals surface area contributed by atoms with Crippen LogP contribution in [-0.2, 0) is 0 Å². The third kappa shape index (κ3) is 1.61. The molecule has 1 N–H and O–H groups in total. The standard InChI is InChI=1S/C9H13N3/c1-3-4-8(2)12-6-5-11-9(12)7-10/h4-7,10H,3H2,1-2H3/b8-4-,10-7?. The van der Waals surface area contributed by atoms with Crippen molar-refractivity contribution in [3.8, 4) is 0 Å². The number of nitrogens with one attached hydrogen (secondary N) is 1. The van der Waals surface area contributed by atoms with E-state index in [-0.39, 0.29) is 0 Å². The predicted octanol–water partition coefficient (Wildman–Crippen LogP) is 2.15. The molecule has 0 fully saturated rings. The van der Waals surface area contributed by atoms with Crippen LogP contribution >= 0.6 is 0 Å². The fraction of sp³-hybridized carbons (Fsp3) is 0.333. The lowest BCUT2D eigenvalue weighted by Gasteiger charge is -2.03. The maximum Gasteiger partial charge on any atom is 0.154 e. The second-order valence-electron chi connectivity index (χ2n) is 2.55. The van der Waals surface area contributed by atoms with E-state index in [2.05, 4.69) is 18.0 Å². The minimum Gasteiger partial charge on any atom is -0.305 e. The predicted molar refractivity (Wildman–Crippen MR) is 50.4 cm³/mol. The number of rotatable bonds is 3. The van der Waals surface area contributed by atoms with E-state index in [4.69, 9.17) is 5.41 Å². The molecule has 1 rings (SSSR count). The molecule has 0 aromatic carbocycles. The van der Waals surface area contributed by atoms with Crippen molar-refractivity contribution in [1.82, 2.24) is 9.55 Å². The van der Waals surface area contributed by atoms with E-state index in [1.54, 1.807) is 6.20 Å². The van der Waals surface area contributed by atoms with Gasteiger partial charge in [0.2, 0.25) is 0 Å². The Bertz CT molecular complexity index is 296. The van der Waals surface area contributed by atoms with Crippen molar-refractivity contribution in [2.24, 2.45) is 0 Å². The Morgan fingerprint density at radius 1 is 1.75 bits per heavy atom. The van der Waals surface area contributed by atoms with Crippen LogP contribution in [0.2, 0.25) is 0 Å². The summed E-state index contributed by atoms with van der Waals surface area (Å²) in [5, 5.41) is 7.09. The van der Waals surface area contributed by atoms with Crippen molar-refractivity contribution in [2.45, 2.75) is 20.3 Å². The Morgan fingerprint density at radius 3 is 3.08 bits per heavy atom. The number of hydrogen-bond donors (Lipinski definition) is 1. The molecule has 0 aliphatic carbocycles. The molecule has 0 bridgehead atoms. The van der Waals surface area contributed by atoms with Crippen molar-refractivity contribution in [3.05, 3.63) is 24.3 Å². The Morgan fingerprint density at radius 2 is 2.50 bits per heavy atom. The van der Waals surface area contributed by atoms with E-state index >= 15 is 0 Å². The normalized spacial score (nSPS) is 11.7. The molecule has 0 spiro atoms. The fourth-order valence-electron chi connectivity index (χ4n) is 1.11. The van der Waals surface area contributed by atoms with Gasteiger partial charge >= 0.3 is 0 Å². The second-order valence-corrected chi connectivity index (χ2v) is 2.55. The number of aromatic nitrogens is 2. The minimum atomic E-state index is 0.678. The first-order valence-electron chi connectivity index (χ1n) is 4.00. The molecule has 0 saturated carbocycles. The van der Waals surface area contributed by atoms with E-state index in [1.165, 1.54) is 6.21 Å². The van der Waals surface area contributed by atoms with Crippen LogP contribution in [0.15, 0.2) is 18.5 Å². The van der Waals surface area contributed by atoms with E-state index < -0.39 is 0 Å². The summed E-state index contributed by atoms with van der Waals surface area (Å²) >= 11 is 0. The van der Waals surface area contributed by atoms with Crippen LogP contribution in [0.1, 0.15) is 26.1 Å². The SMILES string of the molecule is CC/C=C(/C)n1ccnc1C=N. The van der Waals surface area contributed by atoms with E-state index in [0.717, 1.165) is 12.1 Å². The van der Waals surface area contributed by atoms with Gasteiger partial charge in [0.25, 0.3) is 0 Å². The molecule has 1 aromatic heterocycles. The summed E-state index contributed by atoms with van der Waals surface area (Å²) in [6.07, 6.45) is 7.93. The highest BCUT2D eigenvalue weighted by atomic mass is 15.1. The Labute approximate surface area is 72.3 Å². The first kappa shape index (κ1) is 8.71. The van der Waals surface area contributed by atoms with E-state index in [1.807, 2.05) is 17.7 Å². The lowest BCUT2D eigenvalue weighted by atomic mass is 10.3. The molecule has 3 nitrogen and oxygen atoms in total. The average molecular weight is 163 g/mol. The van der Waals surface area contributed by atoms with Crippen molar-refractivity contribution < 1.29 is 0 Å². The summed E-state index contributed by atoms with van der Waals surface area (Å²) in [5.41, 5.74) is 1.12. The van der Waals surface area contributed by atoms with Crippen LogP contribution in [0.4, 0.5) is 0 Å². The molecule has 0 unspecified atom stereocenters. The van der Waals surface area contributed by atoms with Gasteiger partial charge in [-0.15, -0.1) is 0 Å². The molecule has 0 radical (unpaired) electrons. The smallest absolute Gasteiger partial charge is 0.154 e. The van der Waals surface area contributed by atoms with Crippen LogP contribution in [0.3, 0.4) is 0 Å². The largest absolute Gasteiger partial charge is 0.305 e. The first-order valence-corrected chi connectivity index (χ1v) is 4.00. The molecule has 1 aromatic rings.